The summed E-state index contributed by atoms with van der Waals surface area (Å²) in [5.41, 5.74) is -0.855. The van der Waals surface area contributed by atoms with Crippen LogP contribution in [0.1, 0.15) is 22.8 Å². The van der Waals surface area contributed by atoms with Gasteiger partial charge in [0.25, 0.3) is 0 Å². The van der Waals surface area contributed by atoms with E-state index in [1.54, 1.807) is 6.92 Å². The SMILES string of the molecule is CCn1cc(C(=O)O)c(=O)c2cc(F)c(NCCc3ccccc3)c(F)c21.Cl. The number of rotatable bonds is 6. The lowest BCUT2D eigenvalue weighted by Gasteiger charge is -2.15. The molecule has 0 spiro atoms. The minimum Gasteiger partial charge on any atom is -0.477 e. The van der Waals surface area contributed by atoms with Crippen LogP contribution < -0.4 is 10.7 Å². The van der Waals surface area contributed by atoms with Gasteiger partial charge < -0.3 is 15.0 Å². The lowest BCUT2D eigenvalue weighted by atomic mass is 10.1. The summed E-state index contributed by atoms with van der Waals surface area (Å²) in [5.74, 6) is -3.28. The van der Waals surface area contributed by atoms with Gasteiger partial charge in [0.2, 0.25) is 5.43 Å². The third kappa shape index (κ3) is 3.99. The molecule has 2 aromatic carbocycles. The van der Waals surface area contributed by atoms with E-state index in [-0.39, 0.29) is 35.5 Å². The quantitative estimate of drug-likeness (QED) is 0.645. The number of nitrogens with one attached hydrogen (secondary N) is 1. The summed E-state index contributed by atoms with van der Waals surface area (Å²) >= 11 is 0. The Kier molecular flexibility index (Phi) is 6.75. The second kappa shape index (κ2) is 8.84. The van der Waals surface area contributed by atoms with Crippen molar-refractivity contribution in [2.75, 3.05) is 11.9 Å². The molecule has 0 bridgehead atoms. The van der Waals surface area contributed by atoms with Gasteiger partial charge in [-0.15, -0.1) is 12.4 Å². The van der Waals surface area contributed by atoms with E-state index in [0.29, 0.717) is 13.0 Å². The number of aromatic nitrogens is 1. The number of nitrogens with zero attached hydrogens (tertiary/aromatic N) is 1. The molecule has 0 saturated heterocycles. The fraction of sp³-hybridized carbons (Fsp3) is 0.200. The van der Waals surface area contributed by atoms with Crippen molar-refractivity contribution in [1.29, 1.82) is 0 Å². The zero-order valence-corrected chi connectivity index (χ0v) is 15.9. The number of hydrogen-bond acceptors (Lipinski definition) is 3. The van der Waals surface area contributed by atoms with E-state index >= 15 is 4.39 Å². The first-order valence-corrected chi connectivity index (χ1v) is 8.50. The zero-order valence-electron chi connectivity index (χ0n) is 15.0. The third-order valence-corrected chi connectivity index (χ3v) is 4.38. The summed E-state index contributed by atoms with van der Waals surface area (Å²) in [6.45, 7) is 2.21. The molecule has 2 N–H and O–H groups in total. The Morgan fingerprint density at radius 3 is 2.50 bits per heavy atom. The number of carbonyl (C=O) groups is 1. The van der Waals surface area contributed by atoms with Crippen LogP contribution in [-0.4, -0.2) is 22.2 Å². The number of anilines is 1. The fourth-order valence-corrected chi connectivity index (χ4v) is 3.03. The molecule has 0 atom stereocenters. The van der Waals surface area contributed by atoms with E-state index in [1.807, 2.05) is 30.3 Å². The molecule has 0 amide bonds. The Morgan fingerprint density at radius 2 is 1.89 bits per heavy atom. The minimum absolute atomic E-state index is 0. The molecule has 1 heterocycles. The number of hydrogen-bond donors (Lipinski definition) is 2. The van der Waals surface area contributed by atoms with E-state index < -0.39 is 28.6 Å². The van der Waals surface area contributed by atoms with Gasteiger partial charge in [-0.2, -0.15) is 0 Å². The normalized spacial score (nSPS) is 10.5. The van der Waals surface area contributed by atoms with E-state index in [0.717, 1.165) is 17.8 Å². The van der Waals surface area contributed by atoms with Crippen LogP contribution >= 0.6 is 12.4 Å². The van der Waals surface area contributed by atoms with E-state index in [9.17, 15) is 14.0 Å². The Morgan fingerprint density at radius 1 is 1.21 bits per heavy atom. The Labute approximate surface area is 166 Å². The van der Waals surface area contributed by atoms with E-state index in [1.165, 1.54) is 4.57 Å². The van der Waals surface area contributed by atoms with Gasteiger partial charge in [-0.3, -0.25) is 4.79 Å². The predicted molar refractivity (Wildman–Crippen MR) is 107 cm³/mol. The molecule has 0 unspecified atom stereocenters. The fourth-order valence-electron chi connectivity index (χ4n) is 3.03. The number of carboxylic acids is 1. The van der Waals surface area contributed by atoms with Crippen LogP contribution in [0.5, 0.6) is 0 Å². The number of fused-ring (bicyclic) bond motifs is 1. The van der Waals surface area contributed by atoms with Crippen molar-refractivity contribution in [1.82, 2.24) is 4.57 Å². The van der Waals surface area contributed by atoms with Crippen LogP contribution in [0, 0.1) is 11.6 Å². The lowest BCUT2D eigenvalue weighted by molar-refractivity contribution is 0.0695. The maximum atomic E-state index is 15.0. The van der Waals surface area contributed by atoms with Crippen LogP contribution in [0.2, 0.25) is 0 Å². The highest BCUT2D eigenvalue weighted by Crippen LogP contribution is 2.27. The molecule has 0 saturated carbocycles. The summed E-state index contributed by atoms with van der Waals surface area (Å²) in [7, 11) is 0. The second-order valence-electron chi connectivity index (χ2n) is 6.07. The number of halogens is 3. The molecule has 5 nitrogen and oxygen atoms in total. The second-order valence-corrected chi connectivity index (χ2v) is 6.07. The van der Waals surface area contributed by atoms with Crippen LogP contribution in [0.15, 0.2) is 47.4 Å². The van der Waals surface area contributed by atoms with Crippen LogP contribution in [0.4, 0.5) is 14.5 Å². The van der Waals surface area contributed by atoms with Gasteiger partial charge in [0.05, 0.1) is 10.9 Å². The van der Waals surface area contributed by atoms with Gasteiger partial charge >= 0.3 is 5.97 Å². The van der Waals surface area contributed by atoms with Crippen LogP contribution in [-0.2, 0) is 13.0 Å². The molecule has 0 fully saturated rings. The molecule has 3 rings (SSSR count). The molecular formula is C20H19ClF2N2O3. The van der Waals surface area contributed by atoms with Gasteiger partial charge in [-0.05, 0) is 25.0 Å². The summed E-state index contributed by atoms with van der Waals surface area (Å²) < 4.78 is 30.8. The van der Waals surface area contributed by atoms with Crippen molar-refractivity contribution in [3.05, 3.63) is 75.6 Å². The highest BCUT2D eigenvalue weighted by molar-refractivity contribution is 5.93. The molecule has 1 aromatic heterocycles. The van der Waals surface area contributed by atoms with Gasteiger partial charge in [0, 0.05) is 19.3 Å². The lowest BCUT2D eigenvalue weighted by Crippen LogP contribution is -2.20. The highest BCUT2D eigenvalue weighted by Gasteiger charge is 2.21. The molecule has 0 aliphatic rings. The highest BCUT2D eigenvalue weighted by atomic mass is 35.5. The summed E-state index contributed by atoms with van der Waals surface area (Å²) in [5, 5.41) is 11.6. The molecule has 148 valence electrons. The average Bonchev–Trinajstić information content (AvgIpc) is 2.65. The maximum absolute atomic E-state index is 15.0. The van der Waals surface area contributed by atoms with E-state index in [2.05, 4.69) is 5.32 Å². The van der Waals surface area contributed by atoms with Crippen molar-refractivity contribution < 1.29 is 18.7 Å². The van der Waals surface area contributed by atoms with Gasteiger partial charge in [0.1, 0.15) is 17.1 Å². The minimum atomic E-state index is -1.44. The van der Waals surface area contributed by atoms with Gasteiger partial charge in [-0.1, -0.05) is 30.3 Å². The number of aromatic carboxylic acids is 1. The number of benzene rings is 2. The maximum Gasteiger partial charge on any atom is 0.341 e. The molecule has 28 heavy (non-hydrogen) atoms. The number of carboxylic acid groups (broad SMARTS) is 1. The largest absolute Gasteiger partial charge is 0.477 e. The smallest absolute Gasteiger partial charge is 0.341 e. The number of aryl methyl sites for hydroxylation is 1. The molecule has 0 aliphatic heterocycles. The average molecular weight is 409 g/mol. The third-order valence-electron chi connectivity index (χ3n) is 4.38. The molecule has 3 aromatic rings. The van der Waals surface area contributed by atoms with Crippen LogP contribution in [0.25, 0.3) is 10.9 Å². The Bertz CT molecular complexity index is 1070. The van der Waals surface area contributed by atoms with Gasteiger partial charge in [0.15, 0.2) is 5.82 Å². The Balaban J connectivity index is 0.00000280. The standard InChI is InChI=1S/C20H18F2N2O3.ClH/c1-2-24-11-14(20(26)27)19(25)13-10-15(21)17(16(22)18(13)24)23-9-8-12-6-4-3-5-7-12;/h3-7,10-11,23H,2,8-9H2,1H3,(H,26,27);1H. The summed E-state index contributed by atoms with van der Waals surface area (Å²) in [4.78, 5) is 23.5. The number of pyridine rings is 1. The van der Waals surface area contributed by atoms with Gasteiger partial charge in [-0.25, -0.2) is 13.6 Å². The summed E-state index contributed by atoms with van der Waals surface area (Å²) in [6.07, 6.45) is 1.65. The van der Waals surface area contributed by atoms with E-state index in [4.69, 9.17) is 5.11 Å². The molecular weight excluding hydrogens is 390 g/mol. The van der Waals surface area contributed by atoms with Crippen molar-refractivity contribution in [3.63, 3.8) is 0 Å². The van der Waals surface area contributed by atoms with Crippen molar-refractivity contribution in [3.8, 4) is 0 Å². The molecule has 0 aliphatic carbocycles. The zero-order chi connectivity index (χ0) is 19.6. The Hall–Kier alpha value is -2.93. The van der Waals surface area contributed by atoms with Crippen molar-refractivity contribution in [2.45, 2.75) is 19.9 Å². The first-order valence-electron chi connectivity index (χ1n) is 8.50. The first kappa shape index (κ1) is 21.4. The molecule has 8 heteroatoms. The summed E-state index contributed by atoms with van der Waals surface area (Å²) in [6, 6.07) is 10.4. The first-order chi connectivity index (χ1) is 12.9. The van der Waals surface area contributed by atoms with Crippen molar-refractivity contribution in [2.24, 2.45) is 0 Å². The monoisotopic (exact) mass is 408 g/mol. The van der Waals surface area contributed by atoms with Crippen LogP contribution in [0.3, 0.4) is 0 Å². The topological polar surface area (TPSA) is 71.3 Å². The van der Waals surface area contributed by atoms with Crippen molar-refractivity contribution >= 4 is 35.0 Å². The predicted octanol–water partition coefficient (Wildman–Crippen LogP) is 4.07. The molecule has 0 radical (unpaired) electrons.